The lowest BCUT2D eigenvalue weighted by Gasteiger charge is -2.26. The van der Waals surface area contributed by atoms with Crippen molar-refractivity contribution in [1.29, 1.82) is 0 Å². The van der Waals surface area contributed by atoms with Gasteiger partial charge in [0.2, 0.25) is 0 Å². The van der Waals surface area contributed by atoms with Crippen molar-refractivity contribution in [2.75, 3.05) is 18.0 Å². The Bertz CT molecular complexity index is 314. The molecule has 1 aromatic rings. The zero-order chi connectivity index (χ0) is 9.97. The minimum atomic E-state index is 0.467. The maximum Gasteiger partial charge on any atom is 0.0639 e. The van der Waals surface area contributed by atoms with Crippen LogP contribution in [-0.4, -0.2) is 19.1 Å². The van der Waals surface area contributed by atoms with Crippen molar-refractivity contribution in [2.45, 2.75) is 18.9 Å². The van der Waals surface area contributed by atoms with E-state index in [0.717, 1.165) is 17.3 Å². The Morgan fingerprint density at radius 3 is 2.93 bits per heavy atom. The van der Waals surface area contributed by atoms with Crippen molar-refractivity contribution in [3.05, 3.63) is 29.3 Å². The summed E-state index contributed by atoms with van der Waals surface area (Å²) >= 11 is 6.14. The van der Waals surface area contributed by atoms with Gasteiger partial charge in [0.15, 0.2) is 0 Å². The van der Waals surface area contributed by atoms with Gasteiger partial charge in [0.1, 0.15) is 0 Å². The van der Waals surface area contributed by atoms with Gasteiger partial charge in [0, 0.05) is 19.1 Å². The topological polar surface area (TPSA) is 29.3 Å². The van der Waals surface area contributed by atoms with Crippen LogP contribution < -0.4 is 10.6 Å². The number of hydrogen-bond acceptors (Lipinski definition) is 2. The molecule has 0 amide bonds. The lowest BCUT2D eigenvalue weighted by molar-refractivity contribution is 0.677. The molecule has 0 unspecified atom stereocenters. The fourth-order valence-electron chi connectivity index (χ4n) is 2.08. The Morgan fingerprint density at radius 1 is 1.43 bits per heavy atom. The zero-order valence-corrected chi connectivity index (χ0v) is 8.87. The van der Waals surface area contributed by atoms with Crippen molar-refractivity contribution in [2.24, 2.45) is 5.73 Å². The third kappa shape index (κ3) is 1.72. The zero-order valence-electron chi connectivity index (χ0n) is 8.12. The summed E-state index contributed by atoms with van der Waals surface area (Å²) in [7, 11) is 0. The molecule has 1 heterocycles. The van der Waals surface area contributed by atoms with Crippen LogP contribution in [0.1, 0.15) is 12.8 Å². The van der Waals surface area contributed by atoms with Crippen molar-refractivity contribution in [1.82, 2.24) is 0 Å². The lowest BCUT2D eigenvalue weighted by atomic mass is 10.2. The third-order valence-corrected chi connectivity index (χ3v) is 3.13. The van der Waals surface area contributed by atoms with Crippen molar-refractivity contribution in [3.63, 3.8) is 0 Å². The molecule has 76 valence electrons. The highest BCUT2D eigenvalue weighted by Gasteiger charge is 2.24. The van der Waals surface area contributed by atoms with Crippen LogP contribution in [0.15, 0.2) is 24.3 Å². The van der Waals surface area contributed by atoms with E-state index in [1.807, 2.05) is 18.2 Å². The average Bonchev–Trinajstić information content (AvgIpc) is 2.66. The first-order valence-electron chi connectivity index (χ1n) is 5.04. The number of anilines is 1. The van der Waals surface area contributed by atoms with Crippen LogP contribution >= 0.6 is 11.6 Å². The maximum absolute atomic E-state index is 6.14. The molecule has 1 aliphatic heterocycles. The second-order valence-electron chi connectivity index (χ2n) is 3.68. The summed E-state index contributed by atoms with van der Waals surface area (Å²) in [6.07, 6.45) is 2.40. The molecule has 1 aromatic carbocycles. The molecule has 1 aliphatic rings. The predicted octanol–water partition coefficient (Wildman–Crippen LogP) is 2.27. The molecule has 2 N–H and O–H groups in total. The molecule has 3 heteroatoms. The summed E-state index contributed by atoms with van der Waals surface area (Å²) in [6, 6.07) is 8.45. The van der Waals surface area contributed by atoms with Crippen molar-refractivity contribution < 1.29 is 0 Å². The van der Waals surface area contributed by atoms with Gasteiger partial charge in [-0.3, -0.25) is 0 Å². The molecule has 1 saturated heterocycles. The summed E-state index contributed by atoms with van der Waals surface area (Å²) in [5, 5.41) is 0.827. The highest BCUT2D eigenvalue weighted by Crippen LogP contribution is 2.30. The largest absolute Gasteiger partial charge is 0.366 e. The first-order valence-corrected chi connectivity index (χ1v) is 5.42. The minimum Gasteiger partial charge on any atom is -0.366 e. The number of rotatable bonds is 2. The van der Waals surface area contributed by atoms with Gasteiger partial charge in [-0.25, -0.2) is 0 Å². The Kier molecular flexibility index (Phi) is 2.94. The van der Waals surface area contributed by atoms with Crippen molar-refractivity contribution >= 4 is 17.3 Å². The van der Waals surface area contributed by atoms with E-state index in [1.54, 1.807) is 0 Å². The fraction of sp³-hybridized carbons (Fsp3) is 0.455. The Hall–Kier alpha value is -0.730. The lowest BCUT2D eigenvalue weighted by Crippen LogP contribution is -2.35. The van der Waals surface area contributed by atoms with E-state index in [-0.39, 0.29) is 0 Å². The second kappa shape index (κ2) is 4.20. The van der Waals surface area contributed by atoms with Crippen LogP contribution in [0.2, 0.25) is 5.02 Å². The number of hydrogen-bond donors (Lipinski definition) is 1. The molecule has 0 aromatic heterocycles. The van der Waals surface area contributed by atoms with E-state index in [2.05, 4.69) is 11.0 Å². The molecular weight excluding hydrogens is 196 g/mol. The predicted molar refractivity (Wildman–Crippen MR) is 60.9 cm³/mol. The molecule has 0 aliphatic carbocycles. The van der Waals surface area contributed by atoms with E-state index >= 15 is 0 Å². The van der Waals surface area contributed by atoms with Gasteiger partial charge < -0.3 is 10.6 Å². The van der Waals surface area contributed by atoms with E-state index in [1.165, 1.54) is 12.8 Å². The van der Waals surface area contributed by atoms with Gasteiger partial charge in [-0.15, -0.1) is 0 Å². The molecule has 1 fully saturated rings. The normalized spacial score (nSPS) is 21.6. The number of para-hydroxylation sites is 1. The quantitative estimate of drug-likeness (QED) is 0.812. The molecule has 0 spiro atoms. The van der Waals surface area contributed by atoms with Crippen LogP contribution in [-0.2, 0) is 0 Å². The first kappa shape index (κ1) is 9.81. The summed E-state index contributed by atoms with van der Waals surface area (Å²) in [6.45, 7) is 1.79. The maximum atomic E-state index is 6.14. The molecule has 0 bridgehead atoms. The Morgan fingerprint density at radius 2 is 2.21 bits per heavy atom. The fourth-order valence-corrected chi connectivity index (χ4v) is 2.33. The highest BCUT2D eigenvalue weighted by atomic mass is 35.5. The summed E-state index contributed by atoms with van der Waals surface area (Å²) in [4.78, 5) is 2.32. The van der Waals surface area contributed by atoms with Gasteiger partial charge in [0.25, 0.3) is 0 Å². The van der Waals surface area contributed by atoms with Crippen LogP contribution in [0, 0.1) is 0 Å². The average molecular weight is 211 g/mol. The van der Waals surface area contributed by atoms with Gasteiger partial charge in [-0.1, -0.05) is 23.7 Å². The molecule has 2 rings (SSSR count). The molecule has 14 heavy (non-hydrogen) atoms. The van der Waals surface area contributed by atoms with Crippen molar-refractivity contribution in [3.8, 4) is 0 Å². The molecule has 1 atom stereocenters. The van der Waals surface area contributed by atoms with Crippen LogP contribution in [0.3, 0.4) is 0 Å². The molecular formula is C11H15ClN2. The molecule has 0 saturated carbocycles. The van der Waals surface area contributed by atoms with Gasteiger partial charge in [0.05, 0.1) is 10.7 Å². The smallest absolute Gasteiger partial charge is 0.0639 e. The Labute approximate surface area is 89.7 Å². The summed E-state index contributed by atoms with van der Waals surface area (Å²) in [5.74, 6) is 0. The number of nitrogens with two attached hydrogens (primary N) is 1. The third-order valence-electron chi connectivity index (χ3n) is 2.81. The standard InChI is InChI=1S/C11H15ClN2/c12-10-5-1-2-6-11(10)14-7-3-4-9(14)8-13/h1-2,5-6,9H,3-4,7-8,13H2/t9-/m0/s1. The van der Waals surface area contributed by atoms with Crippen LogP contribution in [0.25, 0.3) is 0 Å². The van der Waals surface area contributed by atoms with Crippen LogP contribution in [0.5, 0.6) is 0 Å². The first-order chi connectivity index (χ1) is 6.83. The SMILES string of the molecule is NC[C@@H]1CCCN1c1ccccc1Cl. The van der Waals surface area contributed by atoms with E-state index < -0.39 is 0 Å². The molecule has 0 radical (unpaired) electrons. The molecule has 2 nitrogen and oxygen atoms in total. The second-order valence-corrected chi connectivity index (χ2v) is 4.08. The summed E-state index contributed by atoms with van der Waals surface area (Å²) in [5.41, 5.74) is 6.85. The van der Waals surface area contributed by atoms with E-state index in [4.69, 9.17) is 17.3 Å². The monoisotopic (exact) mass is 210 g/mol. The number of halogens is 1. The van der Waals surface area contributed by atoms with Crippen LogP contribution in [0.4, 0.5) is 5.69 Å². The van der Waals surface area contributed by atoms with Gasteiger partial charge in [-0.05, 0) is 25.0 Å². The van der Waals surface area contributed by atoms with Gasteiger partial charge >= 0.3 is 0 Å². The van der Waals surface area contributed by atoms with E-state index in [9.17, 15) is 0 Å². The van der Waals surface area contributed by atoms with E-state index in [0.29, 0.717) is 12.6 Å². The number of benzene rings is 1. The minimum absolute atomic E-state index is 0.467. The number of nitrogens with zero attached hydrogens (tertiary/aromatic N) is 1. The van der Waals surface area contributed by atoms with Gasteiger partial charge in [-0.2, -0.15) is 0 Å². The Balaban J connectivity index is 2.26. The summed E-state index contributed by atoms with van der Waals surface area (Å²) < 4.78 is 0. The highest BCUT2D eigenvalue weighted by molar-refractivity contribution is 6.33.